The fourth-order valence-electron chi connectivity index (χ4n) is 3.09. The molecule has 0 aromatic rings. The van der Waals surface area contributed by atoms with Crippen LogP contribution in [0.2, 0.25) is 0 Å². The van der Waals surface area contributed by atoms with E-state index in [0.717, 1.165) is 19.3 Å². The van der Waals surface area contributed by atoms with Crippen molar-refractivity contribution in [3.63, 3.8) is 0 Å². The van der Waals surface area contributed by atoms with Crippen LogP contribution in [0.1, 0.15) is 38.5 Å². The number of amides is 2. The van der Waals surface area contributed by atoms with Crippen molar-refractivity contribution in [2.75, 3.05) is 33.3 Å². The van der Waals surface area contributed by atoms with Crippen LogP contribution in [0, 0.1) is 5.92 Å². The minimum absolute atomic E-state index is 0.0277. The second-order valence-electron chi connectivity index (χ2n) is 6.44. The third-order valence-corrected chi connectivity index (χ3v) is 4.67. The lowest BCUT2D eigenvalue weighted by Gasteiger charge is -2.31. The highest BCUT2D eigenvalue weighted by Crippen LogP contribution is 2.18. The second kappa shape index (κ2) is 8.29. The van der Waals surface area contributed by atoms with Crippen LogP contribution >= 0.6 is 0 Å². The summed E-state index contributed by atoms with van der Waals surface area (Å²) in [4.78, 5) is 38.4. The third kappa shape index (κ3) is 5.20. The third-order valence-electron chi connectivity index (χ3n) is 4.67. The van der Waals surface area contributed by atoms with Gasteiger partial charge in [-0.2, -0.15) is 0 Å². The van der Waals surface area contributed by atoms with Crippen molar-refractivity contribution in [1.82, 2.24) is 9.80 Å². The molecule has 0 aliphatic carbocycles. The Labute approximate surface area is 136 Å². The van der Waals surface area contributed by atoms with Gasteiger partial charge in [0.05, 0.1) is 25.0 Å². The SMILES string of the molecule is CN(CC(=O)N1CCC(C(=O)O)CC1)C(=O)CC1CCCCO1. The topological polar surface area (TPSA) is 87.2 Å². The van der Waals surface area contributed by atoms with Crippen molar-refractivity contribution in [1.29, 1.82) is 0 Å². The monoisotopic (exact) mass is 326 g/mol. The van der Waals surface area contributed by atoms with Crippen LogP contribution in [-0.4, -0.2) is 72.1 Å². The molecule has 0 aromatic carbocycles. The molecule has 2 fully saturated rings. The molecular weight excluding hydrogens is 300 g/mol. The molecule has 2 aliphatic heterocycles. The molecule has 0 radical (unpaired) electrons. The fourth-order valence-corrected chi connectivity index (χ4v) is 3.09. The second-order valence-corrected chi connectivity index (χ2v) is 6.44. The van der Waals surface area contributed by atoms with Gasteiger partial charge in [0.15, 0.2) is 0 Å². The highest BCUT2D eigenvalue weighted by atomic mass is 16.5. The summed E-state index contributed by atoms with van der Waals surface area (Å²) < 4.78 is 5.56. The number of rotatable bonds is 5. The van der Waals surface area contributed by atoms with E-state index < -0.39 is 5.97 Å². The molecule has 7 heteroatoms. The molecule has 0 bridgehead atoms. The standard InChI is InChI=1S/C16H26N2O5/c1-17(14(19)10-13-4-2-3-9-23-13)11-15(20)18-7-5-12(6-8-18)16(21)22/h12-13H,2-11H2,1H3,(H,21,22). The molecule has 1 N–H and O–H groups in total. The average molecular weight is 326 g/mol. The first-order valence-electron chi connectivity index (χ1n) is 8.33. The Kier molecular flexibility index (Phi) is 6.38. The number of likely N-dealkylation sites (tertiary alicyclic amines) is 1. The maximum Gasteiger partial charge on any atom is 0.306 e. The predicted octanol–water partition coefficient (Wildman–Crippen LogP) is 0.727. The maximum absolute atomic E-state index is 12.2. The van der Waals surface area contributed by atoms with Crippen LogP contribution in [0.25, 0.3) is 0 Å². The molecular formula is C16H26N2O5. The van der Waals surface area contributed by atoms with E-state index in [1.54, 1.807) is 11.9 Å². The minimum atomic E-state index is -0.795. The number of carbonyl (C=O) groups is 3. The van der Waals surface area contributed by atoms with E-state index in [9.17, 15) is 14.4 Å². The number of aliphatic carboxylic acids is 1. The molecule has 130 valence electrons. The molecule has 2 heterocycles. The van der Waals surface area contributed by atoms with Gasteiger partial charge in [-0.05, 0) is 32.1 Å². The number of carboxylic acid groups (broad SMARTS) is 1. The Morgan fingerprint density at radius 3 is 2.43 bits per heavy atom. The average Bonchev–Trinajstić information content (AvgIpc) is 2.55. The van der Waals surface area contributed by atoms with Gasteiger partial charge in [0.2, 0.25) is 11.8 Å². The molecule has 0 saturated carbocycles. The molecule has 2 rings (SSSR count). The van der Waals surface area contributed by atoms with E-state index in [1.165, 1.54) is 4.90 Å². The number of ether oxygens (including phenoxy) is 1. The maximum atomic E-state index is 12.2. The highest BCUT2D eigenvalue weighted by molar-refractivity contribution is 5.85. The zero-order valence-corrected chi connectivity index (χ0v) is 13.7. The van der Waals surface area contributed by atoms with Gasteiger partial charge in [0.25, 0.3) is 0 Å². The quantitative estimate of drug-likeness (QED) is 0.805. The molecule has 7 nitrogen and oxygen atoms in total. The number of carbonyl (C=O) groups excluding carboxylic acids is 2. The van der Waals surface area contributed by atoms with Crippen molar-refractivity contribution in [2.24, 2.45) is 5.92 Å². The molecule has 2 saturated heterocycles. The van der Waals surface area contributed by atoms with E-state index in [0.29, 0.717) is 39.0 Å². The van der Waals surface area contributed by atoms with Crippen molar-refractivity contribution in [2.45, 2.75) is 44.6 Å². The predicted molar refractivity (Wildman–Crippen MR) is 82.8 cm³/mol. The molecule has 2 aliphatic rings. The summed E-state index contributed by atoms with van der Waals surface area (Å²) in [6.45, 7) is 1.65. The Balaban J connectivity index is 1.73. The van der Waals surface area contributed by atoms with Crippen LogP contribution in [0.15, 0.2) is 0 Å². The molecule has 0 aromatic heterocycles. The Morgan fingerprint density at radius 2 is 1.87 bits per heavy atom. The molecule has 0 spiro atoms. The van der Waals surface area contributed by atoms with Crippen molar-refractivity contribution < 1.29 is 24.2 Å². The van der Waals surface area contributed by atoms with E-state index in [-0.39, 0.29) is 30.4 Å². The first kappa shape index (κ1) is 17.7. The van der Waals surface area contributed by atoms with E-state index in [2.05, 4.69) is 0 Å². The zero-order valence-electron chi connectivity index (χ0n) is 13.7. The van der Waals surface area contributed by atoms with Gasteiger partial charge < -0.3 is 19.6 Å². The number of nitrogens with zero attached hydrogens (tertiary/aromatic N) is 2. The van der Waals surface area contributed by atoms with Crippen molar-refractivity contribution >= 4 is 17.8 Å². The lowest BCUT2D eigenvalue weighted by Crippen LogP contribution is -2.46. The summed E-state index contributed by atoms with van der Waals surface area (Å²) >= 11 is 0. The fraction of sp³-hybridized carbons (Fsp3) is 0.812. The van der Waals surface area contributed by atoms with Crippen molar-refractivity contribution in [3.8, 4) is 0 Å². The molecule has 2 amide bonds. The van der Waals surface area contributed by atoms with Crippen LogP contribution in [0.3, 0.4) is 0 Å². The van der Waals surface area contributed by atoms with Gasteiger partial charge in [0.1, 0.15) is 0 Å². The number of likely N-dealkylation sites (N-methyl/N-ethyl adjacent to an activating group) is 1. The molecule has 1 atom stereocenters. The van der Waals surface area contributed by atoms with Crippen molar-refractivity contribution in [3.05, 3.63) is 0 Å². The normalized spacial score (nSPS) is 22.7. The number of hydrogen-bond acceptors (Lipinski definition) is 4. The van der Waals surface area contributed by atoms with Crippen LogP contribution in [0.5, 0.6) is 0 Å². The van der Waals surface area contributed by atoms with Gasteiger partial charge in [-0.3, -0.25) is 14.4 Å². The number of piperidine rings is 1. The summed E-state index contributed by atoms with van der Waals surface area (Å²) in [5, 5.41) is 8.97. The Bertz CT molecular complexity index is 440. The first-order chi connectivity index (χ1) is 11.0. The summed E-state index contributed by atoms with van der Waals surface area (Å²) in [5.74, 6) is -1.35. The van der Waals surface area contributed by atoms with Gasteiger partial charge in [-0.1, -0.05) is 0 Å². The first-order valence-corrected chi connectivity index (χ1v) is 8.33. The minimum Gasteiger partial charge on any atom is -0.481 e. The summed E-state index contributed by atoms with van der Waals surface area (Å²) in [6, 6.07) is 0. The highest BCUT2D eigenvalue weighted by Gasteiger charge is 2.28. The van der Waals surface area contributed by atoms with Crippen LogP contribution in [-0.2, 0) is 19.1 Å². The molecule has 23 heavy (non-hydrogen) atoms. The van der Waals surface area contributed by atoms with Gasteiger partial charge in [0, 0.05) is 26.7 Å². The number of hydrogen-bond donors (Lipinski definition) is 1. The lowest BCUT2D eigenvalue weighted by atomic mass is 9.97. The zero-order chi connectivity index (χ0) is 16.8. The number of carboxylic acids is 1. The smallest absolute Gasteiger partial charge is 0.306 e. The summed E-state index contributed by atoms with van der Waals surface area (Å²) in [6.07, 6.45) is 4.29. The Morgan fingerprint density at radius 1 is 1.17 bits per heavy atom. The van der Waals surface area contributed by atoms with Crippen LogP contribution < -0.4 is 0 Å². The van der Waals surface area contributed by atoms with Gasteiger partial charge in [-0.25, -0.2) is 0 Å². The summed E-state index contributed by atoms with van der Waals surface area (Å²) in [5.41, 5.74) is 0. The molecule has 1 unspecified atom stereocenters. The van der Waals surface area contributed by atoms with E-state index in [1.807, 2.05) is 0 Å². The largest absolute Gasteiger partial charge is 0.481 e. The van der Waals surface area contributed by atoms with E-state index in [4.69, 9.17) is 9.84 Å². The lowest BCUT2D eigenvalue weighted by molar-refractivity contribution is -0.146. The van der Waals surface area contributed by atoms with E-state index >= 15 is 0 Å². The van der Waals surface area contributed by atoms with Gasteiger partial charge >= 0.3 is 5.97 Å². The summed E-state index contributed by atoms with van der Waals surface area (Å²) in [7, 11) is 1.63. The van der Waals surface area contributed by atoms with Crippen LogP contribution in [0.4, 0.5) is 0 Å². The Hall–Kier alpha value is -1.63. The van der Waals surface area contributed by atoms with Gasteiger partial charge in [-0.15, -0.1) is 0 Å².